The fourth-order valence-electron chi connectivity index (χ4n) is 1.58. The number of fused-ring (bicyclic) bond motifs is 1. The Morgan fingerprint density at radius 3 is 3.14 bits per heavy atom. The average Bonchev–Trinajstić information content (AvgIpc) is 2.18. The first-order valence-corrected chi connectivity index (χ1v) is 5.61. The molecule has 1 aliphatic heterocycles. The van der Waals surface area contributed by atoms with E-state index in [4.69, 9.17) is 0 Å². The van der Waals surface area contributed by atoms with E-state index in [0.717, 1.165) is 29.1 Å². The van der Waals surface area contributed by atoms with Gasteiger partial charge in [-0.15, -0.1) is 11.8 Å². The minimum Gasteiger partial charge on any atom is -0.387 e. The van der Waals surface area contributed by atoms with Crippen molar-refractivity contribution in [2.75, 3.05) is 5.75 Å². The molecule has 5 heteroatoms. The summed E-state index contributed by atoms with van der Waals surface area (Å²) in [6, 6.07) is 0. The van der Waals surface area contributed by atoms with Crippen LogP contribution in [-0.2, 0) is 6.42 Å². The third-order valence-corrected chi connectivity index (χ3v) is 3.51. The highest BCUT2D eigenvalue weighted by molar-refractivity contribution is 7.99. The Kier molecular flexibility index (Phi) is 2.60. The first-order valence-electron chi connectivity index (χ1n) is 4.62. The van der Waals surface area contributed by atoms with Gasteiger partial charge in [0, 0.05) is 10.5 Å². The molecule has 76 valence electrons. The SMILES string of the molecule is CC(O)c1n[nH]c(=O)c2c1SCCC2. The Balaban J connectivity index is 2.59. The summed E-state index contributed by atoms with van der Waals surface area (Å²) in [5, 5.41) is 15.8. The van der Waals surface area contributed by atoms with E-state index in [1.54, 1.807) is 18.7 Å². The average molecular weight is 212 g/mol. The molecule has 1 aromatic heterocycles. The summed E-state index contributed by atoms with van der Waals surface area (Å²) in [5.74, 6) is 0.998. The van der Waals surface area contributed by atoms with E-state index in [0.29, 0.717) is 5.69 Å². The summed E-state index contributed by atoms with van der Waals surface area (Å²) in [4.78, 5) is 12.3. The van der Waals surface area contributed by atoms with Gasteiger partial charge in [-0.3, -0.25) is 4.79 Å². The molecular formula is C9H12N2O2S. The molecule has 1 unspecified atom stereocenters. The quantitative estimate of drug-likeness (QED) is 0.724. The minimum absolute atomic E-state index is 0.114. The number of aliphatic hydroxyl groups excluding tert-OH is 1. The van der Waals surface area contributed by atoms with Crippen molar-refractivity contribution in [1.29, 1.82) is 0 Å². The van der Waals surface area contributed by atoms with Crippen LogP contribution in [0.4, 0.5) is 0 Å². The van der Waals surface area contributed by atoms with E-state index in [1.165, 1.54) is 0 Å². The smallest absolute Gasteiger partial charge is 0.268 e. The van der Waals surface area contributed by atoms with Gasteiger partial charge in [0.2, 0.25) is 0 Å². The molecule has 1 atom stereocenters. The third-order valence-electron chi connectivity index (χ3n) is 2.27. The Bertz CT molecular complexity index is 400. The van der Waals surface area contributed by atoms with Crippen LogP contribution in [0, 0.1) is 0 Å². The summed E-state index contributed by atoms with van der Waals surface area (Å²) in [6.07, 6.45) is 1.19. The third kappa shape index (κ3) is 1.57. The van der Waals surface area contributed by atoms with Gasteiger partial charge >= 0.3 is 0 Å². The molecule has 0 radical (unpaired) electrons. The van der Waals surface area contributed by atoms with Crippen molar-refractivity contribution < 1.29 is 5.11 Å². The summed E-state index contributed by atoms with van der Waals surface area (Å²) in [5.41, 5.74) is 1.27. The summed E-state index contributed by atoms with van der Waals surface area (Å²) in [6.45, 7) is 1.66. The van der Waals surface area contributed by atoms with Crippen LogP contribution in [0.3, 0.4) is 0 Å². The zero-order valence-electron chi connectivity index (χ0n) is 7.91. The molecule has 4 nitrogen and oxygen atoms in total. The fraction of sp³-hybridized carbons (Fsp3) is 0.556. The van der Waals surface area contributed by atoms with Crippen molar-refractivity contribution in [2.45, 2.75) is 30.8 Å². The first-order chi connectivity index (χ1) is 6.70. The van der Waals surface area contributed by atoms with Gasteiger partial charge in [-0.25, -0.2) is 5.10 Å². The normalized spacial score (nSPS) is 17.6. The standard InChI is InChI=1S/C9H12N2O2S/c1-5(12)7-8-6(3-2-4-14-8)9(13)11-10-7/h5,12H,2-4H2,1H3,(H,11,13). The van der Waals surface area contributed by atoms with Gasteiger partial charge in [0.1, 0.15) is 5.69 Å². The van der Waals surface area contributed by atoms with Crippen molar-refractivity contribution in [3.63, 3.8) is 0 Å². The number of hydrogen-bond donors (Lipinski definition) is 2. The molecule has 0 bridgehead atoms. The Labute approximate surface area is 85.7 Å². The highest BCUT2D eigenvalue weighted by atomic mass is 32.2. The molecule has 1 aliphatic rings. The van der Waals surface area contributed by atoms with E-state index in [9.17, 15) is 9.90 Å². The van der Waals surface area contributed by atoms with E-state index in [-0.39, 0.29) is 5.56 Å². The monoisotopic (exact) mass is 212 g/mol. The Morgan fingerprint density at radius 2 is 2.43 bits per heavy atom. The molecule has 1 aromatic rings. The van der Waals surface area contributed by atoms with Gasteiger partial charge in [0.05, 0.1) is 6.10 Å². The number of aromatic nitrogens is 2. The second-order valence-electron chi connectivity index (χ2n) is 3.37. The van der Waals surface area contributed by atoms with Crippen molar-refractivity contribution in [1.82, 2.24) is 10.2 Å². The number of nitrogens with zero attached hydrogens (tertiary/aromatic N) is 1. The molecule has 0 aliphatic carbocycles. The second-order valence-corrected chi connectivity index (χ2v) is 4.48. The van der Waals surface area contributed by atoms with Gasteiger partial charge in [-0.05, 0) is 25.5 Å². The van der Waals surface area contributed by atoms with Crippen molar-refractivity contribution in [3.8, 4) is 0 Å². The maximum atomic E-state index is 11.4. The fourth-order valence-corrected chi connectivity index (χ4v) is 2.81. The van der Waals surface area contributed by atoms with Crippen molar-refractivity contribution in [2.24, 2.45) is 0 Å². The van der Waals surface area contributed by atoms with Crippen LogP contribution in [0.5, 0.6) is 0 Å². The van der Waals surface area contributed by atoms with Crippen molar-refractivity contribution in [3.05, 3.63) is 21.6 Å². The van der Waals surface area contributed by atoms with Crippen LogP contribution in [0.15, 0.2) is 9.69 Å². The zero-order chi connectivity index (χ0) is 10.1. The molecule has 0 aromatic carbocycles. The largest absolute Gasteiger partial charge is 0.387 e. The van der Waals surface area contributed by atoms with Crippen LogP contribution >= 0.6 is 11.8 Å². The Morgan fingerprint density at radius 1 is 1.64 bits per heavy atom. The summed E-state index contributed by atoms with van der Waals surface area (Å²) in [7, 11) is 0. The maximum absolute atomic E-state index is 11.4. The summed E-state index contributed by atoms with van der Waals surface area (Å²) < 4.78 is 0. The summed E-state index contributed by atoms with van der Waals surface area (Å²) >= 11 is 1.62. The second kappa shape index (κ2) is 3.74. The van der Waals surface area contributed by atoms with Crippen LogP contribution in [0.1, 0.15) is 30.7 Å². The molecule has 0 amide bonds. The molecule has 0 spiro atoms. The van der Waals surface area contributed by atoms with Crippen LogP contribution in [-0.4, -0.2) is 21.1 Å². The number of H-pyrrole nitrogens is 1. The Hall–Kier alpha value is -0.810. The molecule has 0 saturated heterocycles. The lowest BCUT2D eigenvalue weighted by atomic mass is 10.1. The predicted molar refractivity (Wildman–Crippen MR) is 54.5 cm³/mol. The first kappa shape index (κ1) is 9.73. The highest BCUT2D eigenvalue weighted by Crippen LogP contribution is 2.32. The van der Waals surface area contributed by atoms with Gasteiger partial charge in [0.15, 0.2) is 0 Å². The van der Waals surface area contributed by atoms with Gasteiger partial charge in [-0.2, -0.15) is 5.10 Å². The zero-order valence-corrected chi connectivity index (χ0v) is 8.73. The lowest BCUT2D eigenvalue weighted by Gasteiger charge is -2.17. The number of rotatable bonds is 1. The van der Waals surface area contributed by atoms with Crippen LogP contribution in [0.25, 0.3) is 0 Å². The molecule has 0 fully saturated rings. The van der Waals surface area contributed by atoms with Crippen LogP contribution in [0.2, 0.25) is 0 Å². The lowest BCUT2D eigenvalue weighted by molar-refractivity contribution is 0.189. The highest BCUT2D eigenvalue weighted by Gasteiger charge is 2.20. The molecule has 0 saturated carbocycles. The molecule has 14 heavy (non-hydrogen) atoms. The van der Waals surface area contributed by atoms with Gasteiger partial charge in [-0.1, -0.05) is 0 Å². The van der Waals surface area contributed by atoms with Gasteiger partial charge in [0.25, 0.3) is 5.56 Å². The minimum atomic E-state index is -0.619. The van der Waals surface area contributed by atoms with Crippen LogP contribution < -0.4 is 5.56 Å². The molecule has 2 heterocycles. The molecular weight excluding hydrogens is 200 g/mol. The lowest BCUT2D eigenvalue weighted by Crippen LogP contribution is -2.21. The number of aliphatic hydroxyl groups is 1. The maximum Gasteiger partial charge on any atom is 0.268 e. The van der Waals surface area contributed by atoms with Gasteiger partial charge < -0.3 is 5.11 Å². The van der Waals surface area contributed by atoms with E-state index in [2.05, 4.69) is 10.2 Å². The molecule has 2 rings (SSSR count). The molecule has 2 N–H and O–H groups in total. The number of nitrogens with one attached hydrogen (secondary N) is 1. The number of thioether (sulfide) groups is 1. The topological polar surface area (TPSA) is 66.0 Å². The van der Waals surface area contributed by atoms with Crippen molar-refractivity contribution >= 4 is 11.8 Å². The number of hydrogen-bond acceptors (Lipinski definition) is 4. The van der Waals surface area contributed by atoms with E-state index >= 15 is 0 Å². The van der Waals surface area contributed by atoms with E-state index in [1.807, 2.05) is 0 Å². The van der Waals surface area contributed by atoms with E-state index < -0.39 is 6.10 Å². The number of aromatic amines is 1. The predicted octanol–water partition coefficient (Wildman–Crippen LogP) is 0.861.